The minimum atomic E-state index is -0.580. The van der Waals surface area contributed by atoms with Crippen molar-refractivity contribution in [2.45, 2.75) is 52.2 Å². The first-order valence-corrected chi connectivity index (χ1v) is 9.95. The van der Waals surface area contributed by atoms with Crippen LogP contribution in [0.4, 0.5) is 9.93 Å². The Kier molecular flexibility index (Phi) is 5.51. The second kappa shape index (κ2) is 7.68. The van der Waals surface area contributed by atoms with Crippen LogP contribution in [0, 0.1) is 0 Å². The Bertz CT molecular complexity index is 827. The van der Waals surface area contributed by atoms with Crippen molar-refractivity contribution >= 4 is 28.5 Å². The van der Waals surface area contributed by atoms with Gasteiger partial charge in [0.15, 0.2) is 5.13 Å². The number of benzene rings is 1. The Morgan fingerprint density at radius 3 is 2.56 bits per heavy atom. The second-order valence-corrected chi connectivity index (χ2v) is 8.56. The summed E-state index contributed by atoms with van der Waals surface area (Å²) in [5.41, 5.74) is 1.35. The Hall–Kier alpha value is -2.41. The summed E-state index contributed by atoms with van der Waals surface area (Å²) >= 11 is 1.48. The molecule has 1 aliphatic heterocycles. The molecule has 2 aromatic rings. The maximum absolute atomic E-state index is 12.6. The van der Waals surface area contributed by atoms with Crippen molar-refractivity contribution in [1.82, 2.24) is 9.88 Å². The summed E-state index contributed by atoms with van der Waals surface area (Å²) in [5, 5.41) is 3.44. The lowest BCUT2D eigenvalue weighted by Gasteiger charge is -2.39. The third-order valence-electron chi connectivity index (χ3n) is 4.25. The minimum Gasteiger partial charge on any atom is -0.444 e. The molecule has 0 saturated carbocycles. The van der Waals surface area contributed by atoms with Crippen molar-refractivity contribution in [3.8, 4) is 11.3 Å². The highest BCUT2D eigenvalue weighted by molar-refractivity contribution is 7.16. The van der Waals surface area contributed by atoms with Crippen LogP contribution in [0.25, 0.3) is 11.3 Å². The molecule has 3 rings (SSSR count). The zero-order chi connectivity index (χ0) is 19.6. The molecule has 1 aromatic heterocycles. The molecule has 2 amide bonds. The lowest BCUT2D eigenvalue weighted by Crippen LogP contribution is -2.57. The predicted octanol–water partition coefficient (Wildman–Crippen LogP) is 4.32. The minimum absolute atomic E-state index is 0.219. The van der Waals surface area contributed by atoms with Crippen LogP contribution in [0.5, 0.6) is 0 Å². The quantitative estimate of drug-likeness (QED) is 0.848. The van der Waals surface area contributed by atoms with Gasteiger partial charge in [0.1, 0.15) is 11.6 Å². The molecule has 2 heterocycles. The van der Waals surface area contributed by atoms with E-state index in [0.717, 1.165) is 22.6 Å². The van der Waals surface area contributed by atoms with Gasteiger partial charge in [-0.25, -0.2) is 9.78 Å². The summed E-state index contributed by atoms with van der Waals surface area (Å²) in [4.78, 5) is 32.0. The Balaban J connectivity index is 1.70. The van der Waals surface area contributed by atoms with Gasteiger partial charge in [-0.1, -0.05) is 37.3 Å². The van der Waals surface area contributed by atoms with Crippen molar-refractivity contribution in [3.63, 3.8) is 0 Å². The number of likely N-dealkylation sites (tertiary alicyclic amines) is 1. The van der Waals surface area contributed by atoms with Crippen molar-refractivity contribution in [3.05, 3.63) is 35.2 Å². The van der Waals surface area contributed by atoms with Crippen LogP contribution in [-0.2, 0) is 16.0 Å². The number of rotatable bonds is 4. The first-order valence-electron chi connectivity index (χ1n) is 9.14. The molecule has 1 atom stereocenters. The fourth-order valence-corrected chi connectivity index (χ4v) is 3.78. The Labute approximate surface area is 163 Å². The van der Waals surface area contributed by atoms with E-state index in [1.165, 1.54) is 16.2 Å². The molecule has 1 aromatic carbocycles. The number of hydrogen-bond donors (Lipinski definition) is 1. The van der Waals surface area contributed by atoms with Crippen molar-refractivity contribution in [1.29, 1.82) is 0 Å². The maximum atomic E-state index is 12.6. The SMILES string of the molecule is CCc1sc(NC(=O)[C@@H]2CCN2C(=O)OC(C)(C)C)nc1-c1ccccc1. The molecule has 0 aliphatic carbocycles. The average molecular weight is 388 g/mol. The van der Waals surface area contributed by atoms with E-state index in [1.54, 1.807) is 0 Å². The fraction of sp³-hybridized carbons (Fsp3) is 0.450. The molecule has 0 spiro atoms. The highest BCUT2D eigenvalue weighted by atomic mass is 32.1. The summed E-state index contributed by atoms with van der Waals surface area (Å²) in [6.45, 7) is 8.04. The van der Waals surface area contributed by atoms with Gasteiger partial charge in [-0.3, -0.25) is 9.69 Å². The lowest BCUT2D eigenvalue weighted by molar-refractivity contribution is -0.125. The highest BCUT2D eigenvalue weighted by Gasteiger charge is 2.40. The zero-order valence-electron chi connectivity index (χ0n) is 16.1. The largest absolute Gasteiger partial charge is 0.444 e. The van der Waals surface area contributed by atoms with Crippen LogP contribution < -0.4 is 5.32 Å². The van der Waals surface area contributed by atoms with Gasteiger partial charge in [-0.2, -0.15) is 0 Å². The van der Waals surface area contributed by atoms with E-state index in [2.05, 4.69) is 17.2 Å². The third kappa shape index (κ3) is 4.47. The number of hydrogen-bond acceptors (Lipinski definition) is 5. The fourth-order valence-electron chi connectivity index (χ4n) is 2.85. The molecule has 1 N–H and O–H groups in total. The van der Waals surface area contributed by atoms with Crippen molar-refractivity contribution < 1.29 is 14.3 Å². The number of nitrogens with one attached hydrogen (secondary N) is 1. The van der Waals surface area contributed by atoms with Gasteiger partial charge in [0.2, 0.25) is 5.91 Å². The first kappa shape index (κ1) is 19.4. The standard InChI is InChI=1S/C20H25N3O3S/c1-5-15-16(13-9-7-6-8-10-13)21-18(27-15)22-17(24)14-11-12-23(14)19(25)26-20(2,3)4/h6-10,14H,5,11-12H2,1-4H3,(H,21,22,24)/t14-/m0/s1. The summed E-state index contributed by atoms with van der Waals surface area (Å²) in [5.74, 6) is -0.219. The number of anilines is 1. The molecule has 0 radical (unpaired) electrons. The van der Waals surface area contributed by atoms with Gasteiger partial charge < -0.3 is 10.1 Å². The van der Waals surface area contributed by atoms with Crippen molar-refractivity contribution in [2.24, 2.45) is 0 Å². The number of aromatic nitrogens is 1. The number of thiazole rings is 1. The summed E-state index contributed by atoms with van der Waals surface area (Å²) in [7, 11) is 0. The molecular formula is C20H25N3O3S. The van der Waals surface area contributed by atoms with Gasteiger partial charge in [-0.15, -0.1) is 11.3 Å². The van der Waals surface area contributed by atoms with Gasteiger partial charge in [-0.05, 0) is 33.6 Å². The molecule has 7 heteroatoms. The molecule has 0 bridgehead atoms. The summed E-state index contributed by atoms with van der Waals surface area (Å²) in [6, 6.07) is 9.42. The Morgan fingerprint density at radius 2 is 2.00 bits per heavy atom. The molecular weight excluding hydrogens is 362 g/mol. The zero-order valence-corrected chi connectivity index (χ0v) is 16.9. The third-order valence-corrected chi connectivity index (χ3v) is 5.36. The van der Waals surface area contributed by atoms with Gasteiger partial charge in [0.25, 0.3) is 0 Å². The van der Waals surface area contributed by atoms with Gasteiger partial charge >= 0.3 is 6.09 Å². The number of nitrogens with zero attached hydrogens (tertiary/aromatic N) is 2. The van der Waals surface area contributed by atoms with Crippen LogP contribution in [0.1, 0.15) is 39.0 Å². The summed E-state index contributed by atoms with van der Waals surface area (Å²) < 4.78 is 5.36. The van der Waals surface area contributed by atoms with Gasteiger partial charge in [0.05, 0.1) is 5.69 Å². The number of amides is 2. The van der Waals surface area contributed by atoms with E-state index in [1.807, 2.05) is 51.1 Å². The lowest BCUT2D eigenvalue weighted by atomic mass is 10.0. The van der Waals surface area contributed by atoms with Crippen LogP contribution in [0.2, 0.25) is 0 Å². The normalized spacial score (nSPS) is 16.6. The molecule has 1 fully saturated rings. The molecule has 0 unspecified atom stereocenters. The van der Waals surface area contributed by atoms with Crippen LogP contribution in [0.15, 0.2) is 30.3 Å². The van der Waals surface area contributed by atoms with E-state index < -0.39 is 17.7 Å². The smallest absolute Gasteiger partial charge is 0.410 e. The first-order chi connectivity index (χ1) is 12.8. The number of aryl methyl sites for hydroxylation is 1. The number of carbonyl (C=O) groups excluding carboxylic acids is 2. The molecule has 6 nitrogen and oxygen atoms in total. The number of carbonyl (C=O) groups is 2. The predicted molar refractivity (Wildman–Crippen MR) is 107 cm³/mol. The summed E-state index contributed by atoms with van der Waals surface area (Å²) in [6.07, 6.45) is 1.01. The van der Waals surface area contributed by atoms with E-state index in [4.69, 9.17) is 4.74 Å². The number of ether oxygens (including phenoxy) is 1. The monoisotopic (exact) mass is 387 g/mol. The van der Waals surface area contributed by atoms with Crippen molar-refractivity contribution in [2.75, 3.05) is 11.9 Å². The topological polar surface area (TPSA) is 71.5 Å². The maximum Gasteiger partial charge on any atom is 0.410 e. The van der Waals surface area contributed by atoms with Crippen LogP contribution in [-0.4, -0.2) is 40.1 Å². The van der Waals surface area contributed by atoms with E-state index in [-0.39, 0.29) is 5.91 Å². The van der Waals surface area contributed by atoms with E-state index >= 15 is 0 Å². The van der Waals surface area contributed by atoms with Gasteiger partial charge in [0, 0.05) is 17.0 Å². The van der Waals surface area contributed by atoms with E-state index in [0.29, 0.717) is 18.1 Å². The molecule has 27 heavy (non-hydrogen) atoms. The Morgan fingerprint density at radius 1 is 1.30 bits per heavy atom. The van der Waals surface area contributed by atoms with Crippen LogP contribution in [0.3, 0.4) is 0 Å². The molecule has 1 saturated heterocycles. The molecule has 144 valence electrons. The van der Waals surface area contributed by atoms with Crippen LogP contribution >= 0.6 is 11.3 Å². The highest BCUT2D eigenvalue weighted by Crippen LogP contribution is 2.32. The average Bonchev–Trinajstić information content (AvgIpc) is 2.95. The molecule has 1 aliphatic rings. The second-order valence-electron chi connectivity index (χ2n) is 7.48. The van der Waals surface area contributed by atoms with E-state index in [9.17, 15) is 9.59 Å².